The van der Waals surface area contributed by atoms with Gasteiger partial charge in [-0.05, 0) is 35.9 Å². The molecule has 0 saturated heterocycles. The van der Waals surface area contributed by atoms with Gasteiger partial charge in [-0.3, -0.25) is 9.79 Å². The van der Waals surface area contributed by atoms with Crippen LogP contribution < -0.4 is 11.1 Å². The molecule has 0 fully saturated rings. The van der Waals surface area contributed by atoms with E-state index in [1.807, 2.05) is 44.2 Å². The number of fused-ring (bicyclic) bond motifs is 3. The lowest BCUT2D eigenvalue weighted by molar-refractivity contribution is -0.137. The molecule has 30 heavy (non-hydrogen) atoms. The molecule has 1 amide bonds. The average molecular weight is 443 g/mol. The Labute approximate surface area is 181 Å². The number of aromatic nitrogens is 1. The summed E-state index contributed by atoms with van der Waals surface area (Å²) in [4.78, 5) is 32.4. The van der Waals surface area contributed by atoms with Crippen LogP contribution in [-0.4, -0.2) is 44.8 Å². The number of carboxylic acids is 1. The Morgan fingerprint density at radius 3 is 2.80 bits per heavy atom. The Balaban J connectivity index is 1.62. The van der Waals surface area contributed by atoms with Crippen LogP contribution in [0.1, 0.15) is 25.3 Å². The van der Waals surface area contributed by atoms with Crippen molar-refractivity contribution in [2.75, 3.05) is 11.1 Å². The molecule has 0 saturated carbocycles. The molecule has 2 unspecified atom stereocenters. The van der Waals surface area contributed by atoms with Gasteiger partial charge >= 0.3 is 5.97 Å². The number of carboxylic acid groups (broad SMARTS) is 1. The quantitative estimate of drug-likeness (QED) is 0.536. The van der Waals surface area contributed by atoms with Gasteiger partial charge in [-0.15, -0.1) is 23.1 Å². The first-order valence-corrected chi connectivity index (χ1v) is 11.5. The van der Waals surface area contributed by atoms with Gasteiger partial charge < -0.3 is 16.2 Å². The number of thioether (sulfide) groups is 1. The fourth-order valence-electron chi connectivity index (χ4n) is 3.35. The van der Waals surface area contributed by atoms with Crippen LogP contribution in [0.2, 0.25) is 0 Å². The Bertz CT molecular complexity index is 1170. The zero-order valence-corrected chi connectivity index (χ0v) is 18.2. The topological polar surface area (TPSA) is 118 Å². The summed E-state index contributed by atoms with van der Waals surface area (Å²) in [5, 5.41) is 15.5. The monoisotopic (exact) mass is 442 g/mol. The number of thiazole rings is 1. The standard InChI is InChI=1S/C21H22N4O3S2/c1-10(2)7-14(22)18(26)23-12-4-5-13-11(8-12)3-6-15-17(13)30-20(24-15)19-25-16(9-29-19)21(27)28/h3-6,8,10,14,16H,7,9,22H2,1-2H3,(H,23,26)(H,27,28). The first-order valence-electron chi connectivity index (χ1n) is 9.65. The van der Waals surface area contributed by atoms with Gasteiger partial charge in [0.1, 0.15) is 10.1 Å². The number of carbonyl (C=O) groups is 2. The number of aliphatic carboxylic acids is 1. The van der Waals surface area contributed by atoms with Gasteiger partial charge in [0.05, 0.1) is 16.3 Å². The van der Waals surface area contributed by atoms with Gasteiger partial charge in [0.2, 0.25) is 5.91 Å². The second-order valence-electron chi connectivity index (χ2n) is 7.69. The van der Waals surface area contributed by atoms with Crippen molar-refractivity contribution in [3.63, 3.8) is 0 Å². The SMILES string of the molecule is CC(C)CC(N)C(=O)Nc1ccc2c(ccc3nc(C4=NC(C(=O)O)CS4)sc32)c1. The zero-order valence-electron chi connectivity index (χ0n) is 16.6. The van der Waals surface area contributed by atoms with E-state index in [0.29, 0.717) is 28.8 Å². The van der Waals surface area contributed by atoms with Crippen molar-refractivity contribution in [3.05, 3.63) is 35.3 Å². The van der Waals surface area contributed by atoms with Gasteiger partial charge in [0, 0.05) is 16.8 Å². The average Bonchev–Trinajstić information content (AvgIpc) is 3.34. The highest BCUT2D eigenvalue weighted by Crippen LogP contribution is 2.35. The minimum absolute atomic E-state index is 0.187. The Hall–Kier alpha value is -2.49. The van der Waals surface area contributed by atoms with E-state index in [2.05, 4.69) is 15.3 Å². The van der Waals surface area contributed by atoms with Crippen molar-refractivity contribution in [2.45, 2.75) is 32.4 Å². The highest BCUT2D eigenvalue weighted by Gasteiger charge is 2.27. The molecule has 2 atom stereocenters. The van der Waals surface area contributed by atoms with Crippen LogP contribution in [0.5, 0.6) is 0 Å². The summed E-state index contributed by atoms with van der Waals surface area (Å²) in [5.74, 6) is -0.312. The maximum absolute atomic E-state index is 12.3. The fourth-order valence-corrected chi connectivity index (χ4v) is 5.55. The number of nitrogens with one attached hydrogen (secondary N) is 1. The summed E-state index contributed by atoms with van der Waals surface area (Å²) in [6.07, 6.45) is 0.633. The molecule has 7 nitrogen and oxygen atoms in total. The predicted octanol–water partition coefficient (Wildman–Crippen LogP) is 3.71. The summed E-state index contributed by atoms with van der Waals surface area (Å²) in [6.45, 7) is 4.07. The number of aliphatic imine (C=N–C) groups is 1. The summed E-state index contributed by atoms with van der Waals surface area (Å²) >= 11 is 2.93. The number of benzene rings is 2. The van der Waals surface area contributed by atoms with E-state index in [1.165, 1.54) is 23.1 Å². The summed E-state index contributed by atoms with van der Waals surface area (Å²) in [5.41, 5.74) is 7.53. The zero-order chi connectivity index (χ0) is 21.4. The van der Waals surface area contributed by atoms with Crippen LogP contribution in [0.15, 0.2) is 35.3 Å². The summed E-state index contributed by atoms with van der Waals surface area (Å²) in [7, 11) is 0. The number of amides is 1. The second-order valence-corrected chi connectivity index (χ2v) is 9.70. The number of nitrogens with two attached hydrogens (primary N) is 1. The van der Waals surface area contributed by atoms with E-state index in [4.69, 9.17) is 10.8 Å². The molecule has 1 aliphatic heterocycles. The third-order valence-electron chi connectivity index (χ3n) is 4.82. The van der Waals surface area contributed by atoms with Crippen LogP contribution in [0, 0.1) is 5.92 Å². The van der Waals surface area contributed by atoms with Crippen molar-refractivity contribution in [2.24, 2.45) is 16.6 Å². The third-order valence-corrected chi connectivity index (χ3v) is 7.11. The fraction of sp³-hybridized carbons (Fsp3) is 0.333. The van der Waals surface area contributed by atoms with Crippen molar-refractivity contribution < 1.29 is 14.7 Å². The molecule has 0 bridgehead atoms. The number of hydrogen-bond acceptors (Lipinski definition) is 7. The van der Waals surface area contributed by atoms with E-state index < -0.39 is 18.1 Å². The van der Waals surface area contributed by atoms with Crippen LogP contribution in [0.25, 0.3) is 21.0 Å². The Kier molecular flexibility index (Phi) is 5.77. The van der Waals surface area contributed by atoms with Crippen molar-refractivity contribution in [1.82, 2.24) is 4.98 Å². The van der Waals surface area contributed by atoms with Crippen LogP contribution in [0.4, 0.5) is 5.69 Å². The van der Waals surface area contributed by atoms with E-state index in [9.17, 15) is 9.59 Å². The van der Waals surface area contributed by atoms with Crippen LogP contribution >= 0.6 is 23.1 Å². The largest absolute Gasteiger partial charge is 0.480 e. The minimum Gasteiger partial charge on any atom is -0.480 e. The first-order chi connectivity index (χ1) is 14.3. The third kappa shape index (κ3) is 4.19. The number of hydrogen-bond donors (Lipinski definition) is 3. The van der Waals surface area contributed by atoms with Crippen LogP contribution in [-0.2, 0) is 9.59 Å². The Morgan fingerprint density at radius 2 is 2.10 bits per heavy atom. The molecule has 1 aliphatic rings. The highest BCUT2D eigenvalue weighted by molar-refractivity contribution is 8.15. The number of rotatable bonds is 6. The maximum atomic E-state index is 12.3. The molecule has 1 aromatic heterocycles. The van der Waals surface area contributed by atoms with Gasteiger partial charge in [0.15, 0.2) is 6.04 Å². The summed E-state index contributed by atoms with van der Waals surface area (Å²) < 4.78 is 1.01. The molecule has 2 aromatic carbocycles. The van der Waals surface area contributed by atoms with Gasteiger partial charge in [0.25, 0.3) is 0 Å². The molecule has 0 aliphatic carbocycles. The molecule has 9 heteroatoms. The first kappa shape index (κ1) is 20.8. The lowest BCUT2D eigenvalue weighted by atomic mass is 10.0. The second kappa shape index (κ2) is 8.33. The number of carbonyl (C=O) groups excluding carboxylic acids is 1. The van der Waals surface area contributed by atoms with Gasteiger partial charge in [-0.2, -0.15) is 0 Å². The van der Waals surface area contributed by atoms with Crippen LogP contribution in [0.3, 0.4) is 0 Å². The predicted molar refractivity (Wildman–Crippen MR) is 124 cm³/mol. The molecule has 156 valence electrons. The van der Waals surface area contributed by atoms with E-state index >= 15 is 0 Å². The normalized spacial score (nSPS) is 17.5. The molecular weight excluding hydrogens is 420 g/mol. The lowest BCUT2D eigenvalue weighted by Crippen LogP contribution is -2.36. The van der Waals surface area contributed by atoms with E-state index in [-0.39, 0.29) is 5.91 Å². The van der Waals surface area contributed by atoms with Crippen molar-refractivity contribution in [1.29, 1.82) is 0 Å². The molecule has 2 heterocycles. The van der Waals surface area contributed by atoms with Gasteiger partial charge in [-0.1, -0.05) is 26.0 Å². The minimum atomic E-state index is -0.910. The smallest absolute Gasteiger partial charge is 0.329 e. The molecule has 3 aromatic rings. The highest BCUT2D eigenvalue weighted by atomic mass is 32.2. The van der Waals surface area contributed by atoms with E-state index in [1.54, 1.807) is 0 Å². The van der Waals surface area contributed by atoms with Crippen molar-refractivity contribution >= 4 is 66.7 Å². The molecular formula is C21H22N4O3S2. The molecule has 0 spiro atoms. The lowest BCUT2D eigenvalue weighted by Gasteiger charge is -2.14. The number of anilines is 1. The van der Waals surface area contributed by atoms with E-state index in [0.717, 1.165) is 26.0 Å². The molecule has 4 rings (SSSR count). The number of nitrogens with zero attached hydrogens (tertiary/aromatic N) is 2. The molecule has 4 N–H and O–H groups in total. The van der Waals surface area contributed by atoms with Gasteiger partial charge in [-0.25, -0.2) is 9.78 Å². The summed E-state index contributed by atoms with van der Waals surface area (Å²) in [6, 6.07) is 8.41. The molecule has 0 radical (unpaired) electrons. The maximum Gasteiger partial charge on any atom is 0.329 e. The van der Waals surface area contributed by atoms with Crippen molar-refractivity contribution in [3.8, 4) is 0 Å². The Morgan fingerprint density at radius 1 is 1.30 bits per heavy atom.